The van der Waals surface area contributed by atoms with Crippen LogP contribution in [-0.4, -0.2) is 36.6 Å². The average Bonchev–Trinajstić information content (AvgIpc) is 2.69. The minimum atomic E-state index is -0.901. The number of carbonyl (C=O) groups excluding carboxylic acids is 1. The summed E-state index contributed by atoms with van der Waals surface area (Å²) in [6.07, 6.45) is 20.9. The Morgan fingerprint density at radius 3 is 1.21 bits per heavy atom. The van der Waals surface area contributed by atoms with E-state index < -0.39 is 5.97 Å². The summed E-state index contributed by atoms with van der Waals surface area (Å²) in [4.78, 5) is 10.4. The Hall–Kier alpha value is -0.570. The lowest BCUT2D eigenvalue weighted by molar-refractivity contribution is -0.929. The van der Waals surface area contributed by atoms with Gasteiger partial charge in [0.25, 0.3) is 0 Å². The van der Waals surface area contributed by atoms with Crippen molar-refractivity contribution >= 4 is 5.97 Å². The summed E-state index contributed by atoms with van der Waals surface area (Å²) in [6.45, 7) is 12.6. The molecule has 0 aliphatic heterocycles. The third-order valence-electron chi connectivity index (χ3n) is 6.22. The minimum Gasteiger partial charge on any atom is -0.550 e. The van der Waals surface area contributed by atoms with E-state index in [0.717, 1.165) is 12.8 Å². The summed E-state index contributed by atoms with van der Waals surface area (Å²) in [7, 11) is 0. The summed E-state index contributed by atoms with van der Waals surface area (Å²) in [5, 5.41) is 10.4. The molecule has 3 heteroatoms. The van der Waals surface area contributed by atoms with Crippen LogP contribution >= 0.6 is 0 Å². The molecule has 168 valence electrons. The van der Waals surface area contributed by atoms with Gasteiger partial charge in [-0.25, -0.2) is 0 Å². The lowest BCUT2D eigenvalue weighted by Gasteiger charge is -2.39. The number of carboxylic acids is 1. The van der Waals surface area contributed by atoms with Crippen LogP contribution in [0.4, 0.5) is 0 Å². The van der Waals surface area contributed by atoms with Gasteiger partial charge in [0.1, 0.15) is 0 Å². The van der Waals surface area contributed by atoms with Gasteiger partial charge in [-0.15, -0.1) is 0 Å². The number of carboxylic acid groups (broad SMARTS) is 1. The fourth-order valence-electron chi connectivity index (χ4n) is 4.28. The molecular formula is C25H51NO2. The number of rotatable bonds is 22. The van der Waals surface area contributed by atoms with E-state index in [2.05, 4.69) is 20.8 Å². The highest BCUT2D eigenvalue weighted by Gasteiger charge is 2.24. The highest BCUT2D eigenvalue weighted by molar-refractivity contribution is 5.63. The fraction of sp³-hybridized carbons (Fsp3) is 0.960. The van der Waals surface area contributed by atoms with Gasteiger partial charge in [0.15, 0.2) is 0 Å². The molecule has 28 heavy (non-hydrogen) atoms. The Morgan fingerprint density at radius 2 is 0.857 bits per heavy atom. The lowest BCUT2D eigenvalue weighted by Crippen LogP contribution is -2.50. The van der Waals surface area contributed by atoms with Crippen LogP contribution in [0, 0.1) is 0 Å². The van der Waals surface area contributed by atoms with Crippen molar-refractivity contribution in [2.45, 2.75) is 130 Å². The molecule has 0 fully saturated rings. The summed E-state index contributed by atoms with van der Waals surface area (Å²) in [5.41, 5.74) is 0. The van der Waals surface area contributed by atoms with Crippen LogP contribution in [0.1, 0.15) is 130 Å². The molecule has 0 spiro atoms. The molecule has 0 amide bonds. The Labute approximate surface area is 176 Å². The van der Waals surface area contributed by atoms with Crippen LogP contribution in [-0.2, 0) is 4.79 Å². The maximum atomic E-state index is 10.4. The zero-order chi connectivity index (χ0) is 20.9. The maximum Gasteiger partial charge on any atom is 0.0786 e. The molecule has 0 rings (SSSR count). The number of unbranched alkanes of at least 4 members (excludes halogenated alkanes) is 12. The number of aliphatic carboxylic acids is 1. The molecule has 0 aliphatic carbocycles. The zero-order valence-electron chi connectivity index (χ0n) is 19.6. The zero-order valence-corrected chi connectivity index (χ0v) is 19.6. The molecule has 0 unspecified atom stereocenters. The lowest BCUT2D eigenvalue weighted by atomic mass is 10.0. The topological polar surface area (TPSA) is 40.1 Å². The van der Waals surface area contributed by atoms with E-state index in [4.69, 9.17) is 0 Å². The first-order valence-electron chi connectivity index (χ1n) is 12.6. The van der Waals surface area contributed by atoms with Crippen molar-refractivity contribution in [1.29, 1.82) is 0 Å². The minimum absolute atomic E-state index is 0.231. The van der Waals surface area contributed by atoms with Gasteiger partial charge < -0.3 is 14.4 Å². The Kier molecular flexibility index (Phi) is 19.3. The smallest absolute Gasteiger partial charge is 0.0786 e. The largest absolute Gasteiger partial charge is 0.550 e. The molecule has 0 radical (unpaired) electrons. The number of carbonyl (C=O) groups is 1. The quantitative estimate of drug-likeness (QED) is 0.160. The fourth-order valence-corrected chi connectivity index (χ4v) is 4.28. The molecule has 0 N–H and O–H groups in total. The van der Waals surface area contributed by atoms with Gasteiger partial charge in [-0.2, -0.15) is 0 Å². The van der Waals surface area contributed by atoms with E-state index >= 15 is 0 Å². The SMILES string of the molecule is CCCC[N+](CCCC)(CCCC)CCCCCCCCCCCCC(=O)[O-]. The van der Waals surface area contributed by atoms with E-state index in [0.29, 0.717) is 0 Å². The van der Waals surface area contributed by atoms with Gasteiger partial charge in [0, 0.05) is 5.97 Å². The first kappa shape index (κ1) is 27.4. The maximum absolute atomic E-state index is 10.4. The normalized spacial score (nSPS) is 11.8. The summed E-state index contributed by atoms with van der Waals surface area (Å²) >= 11 is 0. The monoisotopic (exact) mass is 397 g/mol. The highest BCUT2D eigenvalue weighted by atomic mass is 16.4. The predicted molar refractivity (Wildman–Crippen MR) is 120 cm³/mol. The molecule has 0 aromatic heterocycles. The number of hydrogen-bond donors (Lipinski definition) is 0. The first-order chi connectivity index (χ1) is 13.6. The third kappa shape index (κ3) is 16.4. The van der Waals surface area contributed by atoms with Crippen molar-refractivity contribution < 1.29 is 14.4 Å². The van der Waals surface area contributed by atoms with Crippen molar-refractivity contribution in [1.82, 2.24) is 0 Å². The second kappa shape index (κ2) is 19.7. The van der Waals surface area contributed by atoms with E-state index in [-0.39, 0.29) is 6.42 Å². The van der Waals surface area contributed by atoms with Crippen LogP contribution in [0.3, 0.4) is 0 Å². The molecule has 0 aromatic carbocycles. The van der Waals surface area contributed by atoms with E-state index in [1.54, 1.807) is 0 Å². The van der Waals surface area contributed by atoms with Crippen molar-refractivity contribution in [3.05, 3.63) is 0 Å². The van der Waals surface area contributed by atoms with E-state index in [9.17, 15) is 9.90 Å². The highest BCUT2D eigenvalue weighted by Crippen LogP contribution is 2.18. The van der Waals surface area contributed by atoms with Crippen molar-refractivity contribution in [2.24, 2.45) is 0 Å². The summed E-state index contributed by atoms with van der Waals surface area (Å²) in [6, 6.07) is 0. The van der Waals surface area contributed by atoms with Gasteiger partial charge in [-0.1, -0.05) is 85.0 Å². The molecule has 0 aromatic rings. The molecule has 0 heterocycles. The van der Waals surface area contributed by atoms with Crippen LogP contribution in [0.25, 0.3) is 0 Å². The van der Waals surface area contributed by atoms with Gasteiger partial charge in [0.2, 0.25) is 0 Å². The molecular weight excluding hydrogens is 346 g/mol. The first-order valence-corrected chi connectivity index (χ1v) is 12.6. The molecule has 0 aliphatic rings. The van der Waals surface area contributed by atoms with E-state index in [1.165, 1.54) is 121 Å². The Bertz CT molecular complexity index is 322. The standard InChI is InChI=1S/C25H51NO2/c1-4-7-21-26(22-8-5-2,23-9-6-3)24-19-17-15-13-11-10-12-14-16-18-20-25(27)28/h4-24H2,1-3H3. The van der Waals surface area contributed by atoms with Crippen molar-refractivity contribution in [3.63, 3.8) is 0 Å². The van der Waals surface area contributed by atoms with Gasteiger partial charge in [-0.3, -0.25) is 0 Å². The van der Waals surface area contributed by atoms with Gasteiger partial charge >= 0.3 is 0 Å². The molecule has 0 saturated heterocycles. The van der Waals surface area contributed by atoms with Crippen LogP contribution in [0.5, 0.6) is 0 Å². The van der Waals surface area contributed by atoms with Crippen LogP contribution in [0.2, 0.25) is 0 Å². The summed E-state index contributed by atoms with van der Waals surface area (Å²) in [5.74, 6) is -0.901. The Balaban J connectivity index is 3.88. The molecule has 3 nitrogen and oxygen atoms in total. The predicted octanol–water partition coefficient (Wildman–Crippen LogP) is 6.24. The molecule has 0 bridgehead atoms. The van der Waals surface area contributed by atoms with Crippen LogP contribution in [0.15, 0.2) is 0 Å². The van der Waals surface area contributed by atoms with Gasteiger partial charge in [0.05, 0.1) is 26.2 Å². The number of quaternary nitrogens is 1. The second-order valence-corrected chi connectivity index (χ2v) is 8.95. The third-order valence-corrected chi connectivity index (χ3v) is 6.22. The number of nitrogens with zero attached hydrogens (tertiary/aromatic N) is 1. The van der Waals surface area contributed by atoms with E-state index in [1.807, 2.05) is 0 Å². The average molecular weight is 398 g/mol. The summed E-state index contributed by atoms with van der Waals surface area (Å²) < 4.78 is 1.39. The van der Waals surface area contributed by atoms with Crippen molar-refractivity contribution in [3.8, 4) is 0 Å². The van der Waals surface area contributed by atoms with Crippen molar-refractivity contribution in [2.75, 3.05) is 26.2 Å². The second-order valence-electron chi connectivity index (χ2n) is 8.95. The van der Waals surface area contributed by atoms with Crippen LogP contribution < -0.4 is 5.11 Å². The Morgan fingerprint density at radius 1 is 0.536 bits per heavy atom. The molecule has 0 atom stereocenters. The van der Waals surface area contributed by atoms with Gasteiger partial charge in [-0.05, 0) is 44.9 Å². The number of hydrogen-bond acceptors (Lipinski definition) is 2. The molecule has 0 saturated carbocycles.